The molecule has 0 radical (unpaired) electrons. The largest absolute Gasteiger partial charge is 0.486 e. The third kappa shape index (κ3) is 5.65. The van der Waals surface area contributed by atoms with Gasteiger partial charge >= 0.3 is 6.03 Å². The third-order valence-corrected chi connectivity index (χ3v) is 5.60. The number of likely N-dealkylation sites (tertiary alicyclic amines) is 1. The Balaban J connectivity index is 1.43. The van der Waals surface area contributed by atoms with Gasteiger partial charge < -0.3 is 30.1 Å². The first-order valence-electron chi connectivity index (χ1n) is 10.7. The molecule has 2 heterocycles. The highest BCUT2D eigenvalue weighted by atomic mass is 19.1. The van der Waals surface area contributed by atoms with Crippen LogP contribution in [0.15, 0.2) is 42.5 Å². The van der Waals surface area contributed by atoms with E-state index in [9.17, 15) is 14.3 Å². The molecule has 0 bridgehead atoms. The number of benzene rings is 2. The van der Waals surface area contributed by atoms with Crippen LogP contribution in [0.1, 0.15) is 30.1 Å². The molecule has 31 heavy (non-hydrogen) atoms. The molecule has 2 atom stereocenters. The van der Waals surface area contributed by atoms with Gasteiger partial charge in [-0.05, 0) is 61.3 Å². The first kappa shape index (κ1) is 21.4. The highest BCUT2D eigenvalue weighted by Gasteiger charge is 2.27. The van der Waals surface area contributed by atoms with E-state index in [4.69, 9.17) is 9.47 Å². The van der Waals surface area contributed by atoms with Gasteiger partial charge in [-0.1, -0.05) is 18.2 Å². The highest BCUT2D eigenvalue weighted by molar-refractivity contribution is 5.74. The van der Waals surface area contributed by atoms with Crippen LogP contribution in [0.3, 0.4) is 0 Å². The lowest BCUT2D eigenvalue weighted by Crippen LogP contribution is -2.49. The van der Waals surface area contributed by atoms with Gasteiger partial charge in [0.05, 0.1) is 6.04 Å². The van der Waals surface area contributed by atoms with Gasteiger partial charge in [0.15, 0.2) is 11.5 Å². The monoisotopic (exact) mass is 429 g/mol. The summed E-state index contributed by atoms with van der Waals surface area (Å²) in [5, 5.41) is 16.7. The average Bonchev–Trinajstić information content (AvgIpc) is 3.30. The zero-order valence-electron chi connectivity index (χ0n) is 17.4. The summed E-state index contributed by atoms with van der Waals surface area (Å²) < 4.78 is 24.5. The lowest BCUT2D eigenvalue weighted by Gasteiger charge is -2.29. The van der Waals surface area contributed by atoms with Gasteiger partial charge in [0, 0.05) is 13.1 Å². The van der Waals surface area contributed by atoms with Gasteiger partial charge in [0.2, 0.25) is 0 Å². The topological polar surface area (TPSA) is 83.1 Å². The Bertz CT molecular complexity index is 904. The van der Waals surface area contributed by atoms with E-state index in [2.05, 4.69) is 15.5 Å². The Morgan fingerprint density at radius 2 is 1.87 bits per heavy atom. The number of ether oxygens (including phenoxy) is 2. The molecular weight excluding hydrogens is 401 g/mol. The molecule has 0 aliphatic carbocycles. The van der Waals surface area contributed by atoms with Crippen molar-refractivity contribution in [2.45, 2.75) is 31.5 Å². The molecule has 7 nitrogen and oxygen atoms in total. The van der Waals surface area contributed by atoms with Gasteiger partial charge in [0.25, 0.3) is 0 Å². The predicted molar refractivity (Wildman–Crippen MR) is 114 cm³/mol. The van der Waals surface area contributed by atoms with Crippen LogP contribution in [0.2, 0.25) is 0 Å². The van der Waals surface area contributed by atoms with Crippen molar-refractivity contribution in [3.05, 3.63) is 59.4 Å². The van der Waals surface area contributed by atoms with Crippen LogP contribution < -0.4 is 20.1 Å². The lowest BCUT2D eigenvalue weighted by atomic mass is 10.0. The fourth-order valence-electron chi connectivity index (χ4n) is 3.99. The van der Waals surface area contributed by atoms with Crippen molar-refractivity contribution in [3.8, 4) is 11.5 Å². The van der Waals surface area contributed by atoms with Gasteiger partial charge in [-0.15, -0.1) is 0 Å². The van der Waals surface area contributed by atoms with Crippen LogP contribution in [0, 0.1) is 5.82 Å². The number of amides is 2. The summed E-state index contributed by atoms with van der Waals surface area (Å²) in [5.41, 5.74) is 1.32. The van der Waals surface area contributed by atoms with Gasteiger partial charge in [0.1, 0.15) is 25.1 Å². The number of urea groups is 1. The minimum Gasteiger partial charge on any atom is -0.486 e. The molecule has 2 amide bonds. The maximum Gasteiger partial charge on any atom is 0.315 e. The number of rotatable bonds is 7. The molecule has 0 saturated carbocycles. The molecule has 2 aromatic rings. The van der Waals surface area contributed by atoms with Crippen LogP contribution in [-0.4, -0.2) is 54.9 Å². The smallest absolute Gasteiger partial charge is 0.315 e. The van der Waals surface area contributed by atoms with E-state index in [1.165, 1.54) is 12.1 Å². The van der Waals surface area contributed by atoms with E-state index in [0.29, 0.717) is 42.4 Å². The van der Waals surface area contributed by atoms with E-state index >= 15 is 0 Å². The zero-order chi connectivity index (χ0) is 21.6. The van der Waals surface area contributed by atoms with Gasteiger partial charge in [-0.3, -0.25) is 0 Å². The Hall–Kier alpha value is -2.84. The Labute approximate surface area is 181 Å². The number of aliphatic hydroxyl groups is 1. The summed E-state index contributed by atoms with van der Waals surface area (Å²) in [5.74, 6) is 0.901. The fraction of sp³-hybridized carbons (Fsp3) is 0.435. The van der Waals surface area contributed by atoms with Crippen LogP contribution in [-0.2, 0) is 6.54 Å². The molecular formula is C23H28FN3O4. The quantitative estimate of drug-likeness (QED) is 0.630. The number of halogens is 1. The number of hydrogen-bond acceptors (Lipinski definition) is 5. The fourth-order valence-corrected chi connectivity index (χ4v) is 3.99. The summed E-state index contributed by atoms with van der Waals surface area (Å²) in [4.78, 5) is 14.8. The number of carbonyl (C=O) groups excluding carboxylic acids is 1. The van der Waals surface area contributed by atoms with Crippen molar-refractivity contribution in [2.24, 2.45) is 0 Å². The van der Waals surface area contributed by atoms with E-state index in [1.807, 2.05) is 0 Å². The summed E-state index contributed by atoms with van der Waals surface area (Å²) in [6, 6.07) is 10.5. The normalized spacial score (nSPS) is 17.7. The number of hydrogen-bond donors (Lipinski definition) is 3. The molecule has 2 aliphatic rings. The van der Waals surface area contributed by atoms with Crippen LogP contribution >= 0.6 is 0 Å². The number of carbonyl (C=O) groups is 1. The lowest BCUT2D eigenvalue weighted by molar-refractivity contribution is 0.108. The molecule has 1 fully saturated rings. The van der Waals surface area contributed by atoms with E-state index in [1.54, 1.807) is 30.3 Å². The highest BCUT2D eigenvalue weighted by Crippen LogP contribution is 2.33. The maximum atomic E-state index is 13.4. The minimum absolute atomic E-state index is 0.195. The van der Waals surface area contributed by atoms with E-state index in [0.717, 1.165) is 25.9 Å². The third-order valence-electron chi connectivity index (χ3n) is 5.60. The molecule has 2 aliphatic heterocycles. The molecule has 3 N–H and O–H groups in total. The minimum atomic E-state index is -0.920. The number of nitrogens with one attached hydrogen (secondary N) is 2. The van der Waals surface area contributed by atoms with Crippen molar-refractivity contribution in [2.75, 3.05) is 32.8 Å². The first-order chi connectivity index (χ1) is 15.1. The summed E-state index contributed by atoms with van der Waals surface area (Å²) in [6.45, 7) is 3.57. The van der Waals surface area contributed by atoms with Gasteiger partial charge in [-0.25, -0.2) is 9.18 Å². The summed E-state index contributed by atoms with van der Waals surface area (Å²) >= 11 is 0. The second kappa shape index (κ2) is 9.98. The molecule has 4 rings (SSSR count). The SMILES string of the molecule is O=C(NCc1cccc(F)c1)NC(CN1CCCC1)C(O)c1ccc2c(c1)OCCO2. The number of nitrogens with zero attached hydrogens (tertiary/aromatic N) is 1. The van der Waals surface area contributed by atoms with Crippen LogP contribution in [0.25, 0.3) is 0 Å². The first-order valence-corrected chi connectivity index (χ1v) is 10.7. The molecule has 2 aromatic carbocycles. The van der Waals surface area contributed by atoms with Crippen LogP contribution in [0.4, 0.5) is 9.18 Å². The molecule has 1 saturated heterocycles. The number of fused-ring (bicyclic) bond motifs is 1. The molecule has 0 aromatic heterocycles. The summed E-state index contributed by atoms with van der Waals surface area (Å²) in [6.07, 6.45) is 1.30. The Morgan fingerprint density at radius 3 is 2.65 bits per heavy atom. The Morgan fingerprint density at radius 1 is 1.10 bits per heavy atom. The van der Waals surface area contributed by atoms with Crippen molar-refractivity contribution in [1.82, 2.24) is 15.5 Å². The summed E-state index contributed by atoms with van der Waals surface area (Å²) in [7, 11) is 0. The van der Waals surface area contributed by atoms with Crippen molar-refractivity contribution in [3.63, 3.8) is 0 Å². The second-order valence-corrected chi connectivity index (χ2v) is 7.92. The molecule has 8 heteroatoms. The van der Waals surface area contributed by atoms with Crippen molar-refractivity contribution < 1.29 is 23.8 Å². The van der Waals surface area contributed by atoms with E-state index < -0.39 is 18.2 Å². The predicted octanol–water partition coefficient (Wildman–Crippen LogP) is 2.59. The Kier molecular flexibility index (Phi) is 6.89. The average molecular weight is 429 g/mol. The van der Waals surface area contributed by atoms with Crippen LogP contribution in [0.5, 0.6) is 11.5 Å². The molecule has 166 valence electrons. The van der Waals surface area contributed by atoms with Crippen molar-refractivity contribution >= 4 is 6.03 Å². The zero-order valence-corrected chi connectivity index (χ0v) is 17.4. The molecule has 2 unspecified atom stereocenters. The van der Waals surface area contributed by atoms with Crippen molar-refractivity contribution in [1.29, 1.82) is 0 Å². The van der Waals surface area contributed by atoms with E-state index in [-0.39, 0.29) is 12.4 Å². The number of aliphatic hydroxyl groups excluding tert-OH is 1. The molecule has 0 spiro atoms. The van der Waals surface area contributed by atoms with Gasteiger partial charge in [-0.2, -0.15) is 0 Å². The maximum absolute atomic E-state index is 13.4. The second-order valence-electron chi connectivity index (χ2n) is 7.92. The standard InChI is InChI=1S/C23H28FN3O4/c24-18-5-3-4-16(12-18)14-25-23(29)26-19(15-27-8-1-2-9-27)22(28)17-6-7-20-21(13-17)31-11-10-30-20/h3-7,12-13,19,22,28H,1-2,8-11,14-15H2,(H2,25,26,29).